The summed E-state index contributed by atoms with van der Waals surface area (Å²) in [7, 11) is 1.50. The van der Waals surface area contributed by atoms with Gasteiger partial charge in [0, 0.05) is 20.1 Å². The van der Waals surface area contributed by atoms with Crippen LogP contribution < -0.4 is 5.32 Å². The Kier molecular flexibility index (Phi) is 7.36. The van der Waals surface area contributed by atoms with E-state index in [4.69, 9.17) is 0 Å². The first-order valence-corrected chi connectivity index (χ1v) is 11.7. The smallest absolute Gasteiger partial charge is 0.358 e. The molecule has 0 aliphatic carbocycles. The third-order valence-electron chi connectivity index (χ3n) is 6.67. The Morgan fingerprint density at radius 1 is 1.00 bits per heavy atom. The molecule has 0 radical (unpaired) electrons. The second-order valence-electron chi connectivity index (χ2n) is 8.97. The van der Waals surface area contributed by atoms with Crippen LogP contribution in [0, 0.1) is 6.92 Å². The van der Waals surface area contributed by atoms with Gasteiger partial charge >= 0.3 is 12.4 Å². The molecule has 1 aromatic heterocycles. The van der Waals surface area contributed by atoms with Crippen LogP contribution in [0.25, 0.3) is 0 Å². The van der Waals surface area contributed by atoms with Crippen molar-refractivity contribution in [3.63, 3.8) is 0 Å². The van der Waals surface area contributed by atoms with Gasteiger partial charge in [-0.15, -0.1) is 0 Å². The average Bonchev–Trinajstić information content (AvgIpc) is 3.21. The molecule has 0 spiro atoms. The fourth-order valence-electron chi connectivity index (χ4n) is 5.02. The van der Waals surface area contributed by atoms with Crippen molar-refractivity contribution in [1.82, 2.24) is 19.8 Å². The predicted molar refractivity (Wildman–Crippen MR) is 124 cm³/mol. The van der Waals surface area contributed by atoms with Gasteiger partial charge in [-0.25, -0.2) is 4.98 Å². The van der Waals surface area contributed by atoms with E-state index in [-0.39, 0.29) is 31.1 Å². The summed E-state index contributed by atoms with van der Waals surface area (Å²) in [5.41, 5.74) is 1.08. The summed E-state index contributed by atoms with van der Waals surface area (Å²) in [5, 5.41) is 2.65. The Labute approximate surface area is 210 Å². The molecule has 1 aliphatic rings. The number of rotatable bonds is 6. The van der Waals surface area contributed by atoms with E-state index in [9.17, 15) is 31.1 Å². The van der Waals surface area contributed by atoms with Gasteiger partial charge in [0.05, 0.1) is 23.0 Å². The second kappa shape index (κ2) is 10.2. The molecule has 0 fully saturated rings. The molecule has 4 rings (SSSR count). The van der Waals surface area contributed by atoms with E-state index in [0.29, 0.717) is 23.2 Å². The Morgan fingerprint density at radius 2 is 1.65 bits per heavy atom. The lowest BCUT2D eigenvalue weighted by molar-refractivity contribution is -0.148. The molecule has 0 bridgehead atoms. The normalized spacial score (nSPS) is 17.4. The van der Waals surface area contributed by atoms with Crippen LogP contribution in [0.3, 0.4) is 0 Å². The van der Waals surface area contributed by atoms with Crippen molar-refractivity contribution in [3.8, 4) is 0 Å². The number of imidazole rings is 1. The molecule has 1 amide bonds. The molecule has 2 heterocycles. The standard InChI is InChI=1S/C26H26F6N4O/c1-16-21-20(13-10-17-8-11-19(12-9-17)25(27,28)29)35(14-15-36(21)24(34-16)26(30,31)32)22(23(37)33-2)18-6-4-3-5-7-18/h3-9,11-12,20,22H,10,13-15H2,1-2H3,(H,33,37)/t20-,22-/m1/s1. The number of fused-ring (bicyclic) bond motifs is 1. The molecule has 37 heavy (non-hydrogen) atoms. The molecule has 2 atom stereocenters. The molecule has 0 saturated heterocycles. The van der Waals surface area contributed by atoms with Gasteiger partial charge in [-0.2, -0.15) is 26.3 Å². The number of aryl methyl sites for hydroxylation is 2. The highest BCUT2D eigenvalue weighted by molar-refractivity contribution is 5.83. The zero-order valence-electron chi connectivity index (χ0n) is 20.2. The maximum Gasteiger partial charge on any atom is 0.449 e. The summed E-state index contributed by atoms with van der Waals surface area (Å²) in [6, 6.07) is 12.2. The highest BCUT2D eigenvalue weighted by Gasteiger charge is 2.44. The van der Waals surface area contributed by atoms with Crippen molar-refractivity contribution < 1.29 is 31.1 Å². The van der Waals surface area contributed by atoms with Crippen LogP contribution >= 0.6 is 0 Å². The summed E-state index contributed by atoms with van der Waals surface area (Å²) in [6.45, 7) is 1.64. The van der Waals surface area contributed by atoms with E-state index in [0.717, 1.165) is 16.7 Å². The number of likely N-dealkylation sites (N-methyl/N-ethyl adjacent to an activating group) is 1. The largest absolute Gasteiger partial charge is 0.449 e. The number of nitrogens with one attached hydrogen (secondary N) is 1. The first-order chi connectivity index (χ1) is 17.4. The maximum absolute atomic E-state index is 13.8. The van der Waals surface area contributed by atoms with Gasteiger partial charge in [0.1, 0.15) is 6.04 Å². The number of carbonyl (C=O) groups is 1. The lowest BCUT2D eigenvalue weighted by atomic mass is 9.94. The quantitative estimate of drug-likeness (QED) is 0.421. The minimum atomic E-state index is -4.65. The first kappa shape index (κ1) is 26.7. The first-order valence-electron chi connectivity index (χ1n) is 11.7. The lowest BCUT2D eigenvalue weighted by Crippen LogP contribution is -2.46. The molecule has 1 aliphatic heterocycles. The molecule has 198 valence electrons. The summed E-state index contributed by atoms with van der Waals surface area (Å²) in [4.78, 5) is 18.8. The summed E-state index contributed by atoms with van der Waals surface area (Å²) < 4.78 is 81.3. The number of halogens is 6. The zero-order chi connectivity index (χ0) is 27.0. The molecule has 0 saturated carbocycles. The van der Waals surface area contributed by atoms with Crippen molar-refractivity contribution in [2.75, 3.05) is 13.6 Å². The van der Waals surface area contributed by atoms with Crippen LogP contribution in [0.4, 0.5) is 26.3 Å². The number of hydrogen-bond donors (Lipinski definition) is 1. The van der Waals surface area contributed by atoms with Gasteiger partial charge in [0.25, 0.3) is 0 Å². The molecular weight excluding hydrogens is 498 g/mol. The highest BCUT2D eigenvalue weighted by atomic mass is 19.4. The van der Waals surface area contributed by atoms with Crippen LogP contribution in [-0.2, 0) is 30.1 Å². The van der Waals surface area contributed by atoms with Crippen molar-refractivity contribution >= 4 is 5.91 Å². The molecule has 11 heteroatoms. The fraction of sp³-hybridized carbons (Fsp3) is 0.385. The van der Waals surface area contributed by atoms with Gasteiger partial charge in [0.15, 0.2) is 0 Å². The molecule has 2 aromatic carbocycles. The SMILES string of the molecule is CNC(=O)[C@@H](c1ccccc1)N1CCn2c(C(F)(F)F)nc(C)c2[C@H]1CCc1ccc(C(F)(F)F)cc1. The number of nitrogens with zero attached hydrogens (tertiary/aromatic N) is 3. The summed E-state index contributed by atoms with van der Waals surface area (Å²) in [6.07, 6.45) is -8.55. The summed E-state index contributed by atoms with van der Waals surface area (Å²) in [5.74, 6) is -1.30. The van der Waals surface area contributed by atoms with E-state index in [1.54, 1.807) is 30.3 Å². The van der Waals surface area contributed by atoms with Gasteiger partial charge in [-0.05, 0) is 43.0 Å². The van der Waals surface area contributed by atoms with E-state index in [1.165, 1.54) is 26.1 Å². The topological polar surface area (TPSA) is 50.2 Å². The van der Waals surface area contributed by atoms with Crippen molar-refractivity contribution in [2.45, 2.75) is 50.7 Å². The molecular formula is C26H26F6N4O. The summed E-state index contributed by atoms with van der Waals surface area (Å²) >= 11 is 0. The van der Waals surface area contributed by atoms with E-state index in [2.05, 4.69) is 10.3 Å². The lowest BCUT2D eigenvalue weighted by Gasteiger charge is -2.42. The zero-order valence-corrected chi connectivity index (χ0v) is 20.2. The monoisotopic (exact) mass is 524 g/mol. The van der Waals surface area contributed by atoms with Gasteiger partial charge in [-0.3, -0.25) is 9.69 Å². The molecule has 3 aromatic rings. The average molecular weight is 525 g/mol. The molecule has 0 unspecified atom stereocenters. The van der Waals surface area contributed by atoms with E-state index >= 15 is 0 Å². The van der Waals surface area contributed by atoms with Gasteiger partial charge in [-0.1, -0.05) is 42.5 Å². The van der Waals surface area contributed by atoms with Gasteiger partial charge < -0.3 is 9.88 Å². The number of benzene rings is 2. The minimum absolute atomic E-state index is 0.0118. The number of alkyl halides is 6. The van der Waals surface area contributed by atoms with Crippen LogP contribution in [0.1, 0.15) is 52.4 Å². The van der Waals surface area contributed by atoms with Crippen LogP contribution in [0.15, 0.2) is 54.6 Å². The Bertz CT molecular complexity index is 1230. The maximum atomic E-state index is 13.8. The van der Waals surface area contributed by atoms with Crippen molar-refractivity contribution in [2.24, 2.45) is 0 Å². The Morgan fingerprint density at radius 3 is 2.22 bits per heavy atom. The number of aromatic nitrogens is 2. The van der Waals surface area contributed by atoms with E-state index in [1.807, 2.05) is 4.90 Å². The van der Waals surface area contributed by atoms with Crippen LogP contribution in [0.5, 0.6) is 0 Å². The fourth-order valence-corrected chi connectivity index (χ4v) is 5.02. The Balaban J connectivity index is 1.74. The van der Waals surface area contributed by atoms with Crippen LogP contribution in [-0.4, -0.2) is 34.0 Å². The number of amides is 1. The second-order valence-corrected chi connectivity index (χ2v) is 8.97. The highest BCUT2D eigenvalue weighted by Crippen LogP contribution is 2.41. The van der Waals surface area contributed by atoms with Crippen molar-refractivity contribution in [1.29, 1.82) is 0 Å². The third kappa shape index (κ3) is 5.51. The van der Waals surface area contributed by atoms with Crippen molar-refractivity contribution in [3.05, 3.63) is 88.5 Å². The van der Waals surface area contributed by atoms with Gasteiger partial charge in [0.2, 0.25) is 11.7 Å². The van der Waals surface area contributed by atoms with Crippen LogP contribution in [0.2, 0.25) is 0 Å². The minimum Gasteiger partial charge on any atom is -0.358 e. The number of hydrogen-bond acceptors (Lipinski definition) is 3. The third-order valence-corrected chi connectivity index (χ3v) is 6.67. The predicted octanol–water partition coefficient (Wildman–Crippen LogP) is 5.71. The molecule has 1 N–H and O–H groups in total. The molecule has 5 nitrogen and oxygen atoms in total. The Hall–Kier alpha value is -3.34. The van der Waals surface area contributed by atoms with E-state index < -0.39 is 35.8 Å². The number of carbonyl (C=O) groups excluding carboxylic acids is 1.